The van der Waals surface area contributed by atoms with Gasteiger partial charge in [-0.05, 0) is 61.9 Å². The number of anilines is 1. The van der Waals surface area contributed by atoms with E-state index in [1.54, 1.807) is 24.3 Å². The van der Waals surface area contributed by atoms with Gasteiger partial charge in [0.05, 0.1) is 12.4 Å². The van der Waals surface area contributed by atoms with Crippen LogP contribution in [0.25, 0.3) is 10.9 Å². The van der Waals surface area contributed by atoms with Gasteiger partial charge >= 0.3 is 0 Å². The third-order valence-corrected chi connectivity index (χ3v) is 6.52. The summed E-state index contributed by atoms with van der Waals surface area (Å²) in [7, 11) is 0. The van der Waals surface area contributed by atoms with Crippen molar-refractivity contribution in [1.82, 2.24) is 9.88 Å². The second kappa shape index (κ2) is 11.6. The fraction of sp³-hybridized carbons (Fsp3) is 0.214. The summed E-state index contributed by atoms with van der Waals surface area (Å²) in [4.78, 5) is 26.0. The second-order valence-electron chi connectivity index (χ2n) is 8.12. The maximum Gasteiger partial charge on any atom is 0.251 e. The highest BCUT2D eigenvalue weighted by Gasteiger charge is 2.12. The predicted octanol–water partition coefficient (Wildman–Crippen LogP) is 5.51. The smallest absolute Gasteiger partial charge is 0.251 e. The molecule has 7 heteroatoms. The van der Waals surface area contributed by atoms with E-state index in [0.29, 0.717) is 31.0 Å². The van der Waals surface area contributed by atoms with Crippen molar-refractivity contribution >= 4 is 40.2 Å². The molecule has 0 radical (unpaired) electrons. The van der Waals surface area contributed by atoms with E-state index in [2.05, 4.69) is 33.5 Å². The minimum Gasteiger partial charge on any atom is -0.494 e. The summed E-state index contributed by atoms with van der Waals surface area (Å²) in [6, 6.07) is 23.0. The first-order valence-electron chi connectivity index (χ1n) is 11.6. The molecule has 4 aromatic rings. The van der Waals surface area contributed by atoms with E-state index in [1.807, 2.05) is 50.2 Å². The number of benzene rings is 3. The SMILES string of the molecule is CCOc1ccc(C(=O)NCCn2cc(SCC(=O)Nc3cccc(C)c3)c3ccccc32)cc1. The highest BCUT2D eigenvalue weighted by atomic mass is 32.2. The van der Waals surface area contributed by atoms with E-state index in [0.717, 1.165) is 32.8 Å². The Kier molecular flexibility index (Phi) is 8.11. The van der Waals surface area contributed by atoms with Gasteiger partial charge in [0, 0.05) is 46.3 Å². The molecule has 1 heterocycles. The Morgan fingerprint density at radius 2 is 1.80 bits per heavy atom. The Hall–Kier alpha value is -3.71. The molecule has 0 aliphatic carbocycles. The molecule has 35 heavy (non-hydrogen) atoms. The normalized spacial score (nSPS) is 10.8. The number of rotatable bonds is 10. The zero-order valence-corrected chi connectivity index (χ0v) is 20.7. The fourth-order valence-electron chi connectivity index (χ4n) is 3.84. The molecule has 6 nitrogen and oxygen atoms in total. The number of hydrogen-bond acceptors (Lipinski definition) is 4. The number of ether oxygens (including phenoxy) is 1. The standard InChI is InChI=1S/C28H29N3O3S/c1-3-34-23-13-11-21(12-14-23)28(33)29-15-16-31-18-26(24-9-4-5-10-25(24)31)35-19-27(32)30-22-8-6-7-20(2)17-22/h4-14,17-18H,3,15-16,19H2,1-2H3,(H,29,33)(H,30,32). The number of aryl methyl sites for hydroxylation is 1. The minimum atomic E-state index is -0.119. The van der Waals surface area contributed by atoms with Gasteiger partial charge in [0.1, 0.15) is 5.75 Å². The van der Waals surface area contributed by atoms with Gasteiger partial charge in [-0.15, -0.1) is 11.8 Å². The third kappa shape index (κ3) is 6.45. The third-order valence-electron chi connectivity index (χ3n) is 5.48. The monoisotopic (exact) mass is 487 g/mol. The molecular weight excluding hydrogens is 458 g/mol. The largest absolute Gasteiger partial charge is 0.494 e. The molecule has 0 unspecified atom stereocenters. The van der Waals surface area contributed by atoms with Gasteiger partial charge in [-0.25, -0.2) is 0 Å². The summed E-state index contributed by atoms with van der Waals surface area (Å²) in [5, 5.41) is 7.04. The van der Waals surface area contributed by atoms with Crippen LogP contribution in [0.4, 0.5) is 5.69 Å². The average Bonchev–Trinajstić information content (AvgIpc) is 3.21. The van der Waals surface area contributed by atoms with Gasteiger partial charge < -0.3 is 19.9 Å². The number of amides is 2. The lowest BCUT2D eigenvalue weighted by atomic mass is 10.2. The van der Waals surface area contributed by atoms with Crippen molar-refractivity contribution < 1.29 is 14.3 Å². The number of nitrogens with one attached hydrogen (secondary N) is 2. The van der Waals surface area contributed by atoms with Gasteiger partial charge in [-0.2, -0.15) is 0 Å². The van der Waals surface area contributed by atoms with Gasteiger partial charge in [-0.3, -0.25) is 9.59 Å². The second-order valence-corrected chi connectivity index (χ2v) is 9.14. The molecule has 0 saturated carbocycles. The van der Waals surface area contributed by atoms with Crippen LogP contribution >= 0.6 is 11.8 Å². The fourth-order valence-corrected chi connectivity index (χ4v) is 4.73. The topological polar surface area (TPSA) is 72.4 Å². The summed E-state index contributed by atoms with van der Waals surface area (Å²) in [5.41, 5.74) is 3.58. The maximum atomic E-state index is 12.5. The zero-order chi connectivity index (χ0) is 24.6. The summed E-state index contributed by atoms with van der Waals surface area (Å²) in [5.74, 6) is 0.906. The molecule has 3 aromatic carbocycles. The average molecular weight is 488 g/mol. The molecule has 0 aliphatic heterocycles. The van der Waals surface area contributed by atoms with Crippen LogP contribution in [0.1, 0.15) is 22.8 Å². The van der Waals surface area contributed by atoms with Crippen molar-refractivity contribution in [3.8, 4) is 5.75 Å². The Balaban J connectivity index is 1.35. The molecule has 0 saturated heterocycles. The Bertz CT molecular complexity index is 1310. The number of nitrogens with zero attached hydrogens (tertiary/aromatic N) is 1. The Morgan fingerprint density at radius 3 is 2.57 bits per heavy atom. The van der Waals surface area contributed by atoms with E-state index in [4.69, 9.17) is 4.74 Å². The van der Waals surface area contributed by atoms with E-state index in [1.165, 1.54) is 11.8 Å². The molecule has 0 fully saturated rings. The van der Waals surface area contributed by atoms with Crippen LogP contribution in [0, 0.1) is 6.92 Å². The number of carbonyl (C=O) groups is 2. The van der Waals surface area contributed by atoms with Crippen molar-refractivity contribution in [3.63, 3.8) is 0 Å². The highest BCUT2D eigenvalue weighted by molar-refractivity contribution is 8.00. The van der Waals surface area contributed by atoms with Crippen LogP contribution in [0.15, 0.2) is 83.9 Å². The first-order chi connectivity index (χ1) is 17.0. The molecule has 180 valence electrons. The van der Waals surface area contributed by atoms with Crippen molar-refractivity contribution in [2.24, 2.45) is 0 Å². The maximum absolute atomic E-state index is 12.5. The van der Waals surface area contributed by atoms with E-state index < -0.39 is 0 Å². The lowest BCUT2D eigenvalue weighted by Crippen LogP contribution is -2.27. The van der Waals surface area contributed by atoms with Gasteiger partial charge in [0.2, 0.25) is 5.91 Å². The molecule has 0 atom stereocenters. The summed E-state index contributed by atoms with van der Waals surface area (Å²) in [6.07, 6.45) is 2.05. The number of hydrogen-bond donors (Lipinski definition) is 2. The predicted molar refractivity (Wildman–Crippen MR) is 142 cm³/mol. The first-order valence-corrected chi connectivity index (χ1v) is 12.6. The Morgan fingerprint density at radius 1 is 1.00 bits per heavy atom. The summed E-state index contributed by atoms with van der Waals surface area (Å²) < 4.78 is 7.55. The number of thioether (sulfide) groups is 1. The number of aromatic nitrogens is 1. The van der Waals surface area contributed by atoms with Crippen LogP contribution < -0.4 is 15.4 Å². The molecule has 0 bridgehead atoms. The highest BCUT2D eigenvalue weighted by Crippen LogP contribution is 2.30. The lowest BCUT2D eigenvalue weighted by molar-refractivity contribution is -0.113. The van der Waals surface area contributed by atoms with Crippen molar-refractivity contribution in [2.75, 3.05) is 24.2 Å². The van der Waals surface area contributed by atoms with E-state index in [-0.39, 0.29) is 11.8 Å². The molecule has 0 spiro atoms. The molecule has 4 rings (SSSR count). The number of fused-ring (bicyclic) bond motifs is 1. The quantitative estimate of drug-likeness (QED) is 0.289. The molecule has 2 amide bonds. The van der Waals surface area contributed by atoms with Crippen molar-refractivity contribution in [3.05, 3.63) is 90.1 Å². The van der Waals surface area contributed by atoms with Crippen LogP contribution in [0.3, 0.4) is 0 Å². The van der Waals surface area contributed by atoms with Crippen molar-refractivity contribution in [2.45, 2.75) is 25.3 Å². The van der Waals surface area contributed by atoms with Crippen molar-refractivity contribution in [1.29, 1.82) is 0 Å². The molecular formula is C28H29N3O3S. The van der Waals surface area contributed by atoms with Gasteiger partial charge in [0.25, 0.3) is 5.91 Å². The first kappa shape index (κ1) is 24.4. The van der Waals surface area contributed by atoms with Crippen LogP contribution in [0.5, 0.6) is 5.75 Å². The van der Waals surface area contributed by atoms with E-state index >= 15 is 0 Å². The van der Waals surface area contributed by atoms with Gasteiger partial charge in [0.15, 0.2) is 0 Å². The zero-order valence-electron chi connectivity index (χ0n) is 19.9. The van der Waals surface area contributed by atoms with Crippen LogP contribution in [-0.2, 0) is 11.3 Å². The molecule has 1 aromatic heterocycles. The Labute approximate surface area is 209 Å². The van der Waals surface area contributed by atoms with Crippen LogP contribution in [-0.4, -0.2) is 35.3 Å². The van der Waals surface area contributed by atoms with Crippen LogP contribution in [0.2, 0.25) is 0 Å². The van der Waals surface area contributed by atoms with E-state index in [9.17, 15) is 9.59 Å². The molecule has 0 aliphatic rings. The number of carbonyl (C=O) groups excluding carboxylic acids is 2. The summed E-state index contributed by atoms with van der Waals surface area (Å²) >= 11 is 1.51. The minimum absolute atomic E-state index is 0.0416. The lowest BCUT2D eigenvalue weighted by Gasteiger charge is -2.08. The molecule has 2 N–H and O–H groups in total. The van der Waals surface area contributed by atoms with Gasteiger partial charge in [-0.1, -0.05) is 30.3 Å². The summed E-state index contributed by atoms with van der Waals surface area (Å²) in [6.45, 7) is 5.63. The number of para-hydroxylation sites is 1.